The van der Waals surface area contributed by atoms with Crippen LogP contribution >= 0.6 is 34.6 Å². The lowest BCUT2D eigenvalue weighted by atomic mass is 10.5. The Bertz CT molecular complexity index is 652. The SMILES string of the molecule is Cc1nsc(Sc2nc3sccn3c2CN)n1. The summed E-state index contributed by atoms with van der Waals surface area (Å²) in [5, 5.41) is 2.93. The molecule has 0 atom stereocenters. The molecule has 0 aliphatic carbocycles. The molecule has 3 rings (SSSR count). The summed E-state index contributed by atoms with van der Waals surface area (Å²) in [6.07, 6.45) is 1.99. The third-order valence-electron chi connectivity index (χ3n) is 2.21. The molecule has 0 radical (unpaired) electrons. The summed E-state index contributed by atoms with van der Waals surface area (Å²) in [7, 11) is 0. The van der Waals surface area contributed by atoms with E-state index in [1.165, 1.54) is 23.3 Å². The number of aryl methyl sites for hydroxylation is 1. The molecule has 3 heterocycles. The molecule has 3 aromatic rings. The largest absolute Gasteiger partial charge is 0.325 e. The summed E-state index contributed by atoms with van der Waals surface area (Å²) in [4.78, 5) is 9.84. The molecule has 5 nitrogen and oxygen atoms in total. The van der Waals surface area contributed by atoms with Crippen LogP contribution in [-0.2, 0) is 6.54 Å². The Balaban J connectivity index is 2.01. The van der Waals surface area contributed by atoms with Crippen LogP contribution < -0.4 is 5.73 Å². The molecule has 0 aromatic carbocycles. The predicted molar refractivity (Wildman–Crippen MR) is 69.7 cm³/mol. The van der Waals surface area contributed by atoms with E-state index in [4.69, 9.17) is 5.73 Å². The van der Waals surface area contributed by atoms with Crippen molar-refractivity contribution < 1.29 is 0 Å². The molecule has 0 bridgehead atoms. The lowest BCUT2D eigenvalue weighted by Gasteiger charge is -1.97. The Morgan fingerprint density at radius 3 is 3.06 bits per heavy atom. The van der Waals surface area contributed by atoms with Crippen LogP contribution in [0.2, 0.25) is 0 Å². The van der Waals surface area contributed by atoms with Gasteiger partial charge in [-0.25, -0.2) is 9.97 Å². The second-order valence-electron chi connectivity index (χ2n) is 3.33. The minimum absolute atomic E-state index is 0.470. The monoisotopic (exact) mass is 283 g/mol. The molecule has 0 saturated heterocycles. The Morgan fingerprint density at radius 2 is 2.35 bits per heavy atom. The predicted octanol–water partition coefficient (Wildman–Crippen LogP) is 2.17. The third-order valence-corrected chi connectivity index (χ3v) is 4.83. The number of nitrogens with zero attached hydrogens (tertiary/aromatic N) is 4. The smallest absolute Gasteiger partial charge is 0.194 e. The van der Waals surface area contributed by atoms with Crippen LogP contribution in [0.4, 0.5) is 0 Å². The summed E-state index contributed by atoms with van der Waals surface area (Å²) >= 11 is 4.52. The number of hydrogen-bond donors (Lipinski definition) is 1. The maximum atomic E-state index is 5.78. The van der Waals surface area contributed by atoms with Crippen molar-refractivity contribution in [2.45, 2.75) is 22.8 Å². The van der Waals surface area contributed by atoms with Gasteiger partial charge in [0.2, 0.25) is 0 Å². The lowest BCUT2D eigenvalue weighted by molar-refractivity contribution is 0.924. The van der Waals surface area contributed by atoms with Gasteiger partial charge in [0.15, 0.2) is 9.30 Å². The first-order chi connectivity index (χ1) is 8.28. The van der Waals surface area contributed by atoms with Crippen molar-refractivity contribution in [2.75, 3.05) is 0 Å². The van der Waals surface area contributed by atoms with Crippen LogP contribution in [0, 0.1) is 6.92 Å². The van der Waals surface area contributed by atoms with Crippen LogP contribution in [0.5, 0.6) is 0 Å². The zero-order valence-electron chi connectivity index (χ0n) is 8.95. The second-order valence-corrected chi connectivity index (χ2v) is 6.19. The van der Waals surface area contributed by atoms with Gasteiger partial charge in [-0.2, -0.15) is 4.37 Å². The number of aromatic nitrogens is 4. The van der Waals surface area contributed by atoms with E-state index in [1.54, 1.807) is 11.3 Å². The van der Waals surface area contributed by atoms with E-state index >= 15 is 0 Å². The molecule has 0 spiro atoms. The number of hydrogen-bond acceptors (Lipinski definition) is 7. The highest BCUT2D eigenvalue weighted by Crippen LogP contribution is 2.32. The minimum Gasteiger partial charge on any atom is -0.325 e. The van der Waals surface area contributed by atoms with Crippen LogP contribution in [-0.4, -0.2) is 18.7 Å². The Kier molecular flexibility index (Phi) is 2.87. The number of imidazole rings is 1. The van der Waals surface area contributed by atoms with Gasteiger partial charge in [-0.3, -0.25) is 4.40 Å². The first-order valence-corrected chi connectivity index (χ1v) is 7.37. The zero-order chi connectivity index (χ0) is 11.8. The van der Waals surface area contributed by atoms with E-state index in [0.29, 0.717) is 6.54 Å². The van der Waals surface area contributed by atoms with Crippen LogP contribution in [0.3, 0.4) is 0 Å². The van der Waals surface area contributed by atoms with Crippen molar-refractivity contribution in [3.8, 4) is 0 Å². The molecule has 0 fully saturated rings. The first-order valence-electron chi connectivity index (χ1n) is 4.90. The summed E-state index contributed by atoms with van der Waals surface area (Å²) in [5.74, 6) is 0.799. The van der Waals surface area contributed by atoms with E-state index in [0.717, 1.165) is 25.8 Å². The van der Waals surface area contributed by atoms with Crippen LogP contribution in [0.25, 0.3) is 4.96 Å². The molecule has 8 heteroatoms. The van der Waals surface area contributed by atoms with Gasteiger partial charge in [0, 0.05) is 18.1 Å². The van der Waals surface area contributed by atoms with Gasteiger partial charge in [0.1, 0.15) is 10.9 Å². The average molecular weight is 283 g/mol. The Labute approximate surface area is 110 Å². The van der Waals surface area contributed by atoms with Crippen molar-refractivity contribution in [3.05, 3.63) is 23.1 Å². The summed E-state index contributed by atoms with van der Waals surface area (Å²) in [6, 6.07) is 0. The second kappa shape index (κ2) is 4.37. The fourth-order valence-electron chi connectivity index (χ4n) is 1.48. The molecule has 3 aromatic heterocycles. The summed E-state index contributed by atoms with van der Waals surface area (Å²) in [5.41, 5.74) is 6.80. The van der Waals surface area contributed by atoms with Crippen molar-refractivity contribution in [3.63, 3.8) is 0 Å². The van der Waals surface area contributed by atoms with Crippen LogP contribution in [0.1, 0.15) is 11.5 Å². The molecule has 88 valence electrons. The number of rotatable bonds is 3. The molecule has 0 unspecified atom stereocenters. The summed E-state index contributed by atoms with van der Waals surface area (Å²) < 4.78 is 7.09. The molecule has 0 saturated carbocycles. The van der Waals surface area contributed by atoms with Gasteiger partial charge in [-0.05, 0) is 30.2 Å². The molecular formula is C9H9N5S3. The van der Waals surface area contributed by atoms with Gasteiger partial charge < -0.3 is 5.73 Å². The van der Waals surface area contributed by atoms with E-state index in [1.807, 2.05) is 22.9 Å². The van der Waals surface area contributed by atoms with Crippen molar-refractivity contribution in [1.82, 2.24) is 18.7 Å². The zero-order valence-corrected chi connectivity index (χ0v) is 11.4. The number of nitrogens with two attached hydrogens (primary N) is 1. The quantitative estimate of drug-likeness (QED) is 0.797. The molecule has 17 heavy (non-hydrogen) atoms. The fraction of sp³-hybridized carbons (Fsp3) is 0.222. The normalized spacial score (nSPS) is 11.4. The van der Waals surface area contributed by atoms with E-state index in [9.17, 15) is 0 Å². The molecule has 0 aliphatic rings. The average Bonchev–Trinajstić information content (AvgIpc) is 2.95. The van der Waals surface area contributed by atoms with Crippen molar-refractivity contribution in [2.24, 2.45) is 5.73 Å². The van der Waals surface area contributed by atoms with Crippen LogP contribution in [0.15, 0.2) is 20.9 Å². The van der Waals surface area contributed by atoms with Crippen molar-refractivity contribution in [1.29, 1.82) is 0 Å². The van der Waals surface area contributed by atoms with Gasteiger partial charge in [0.05, 0.1) is 5.69 Å². The van der Waals surface area contributed by atoms with Gasteiger partial charge in [-0.1, -0.05) is 0 Å². The third kappa shape index (κ3) is 1.97. The van der Waals surface area contributed by atoms with E-state index in [2.05, 4.69) is 14.3 Å². The molecular weight excluding hydrogens is 274 g/mol. The van der Waals surface area contributed by atoms with Gasteiger partial charge in [0.25, 0.3) is 0 Å². The maximum Gasteiger partial charge on any atom is 0.194 e. The number of fused-ring (bicyclic) bond motifs is 1. The molecule has 0 aliphatic heterocycles. The van der Waals surface area contributed by atoms with E-state index < -0.39 is 0 Å². The molecule has 2 N–H and O–H groups in total. The molecule has 0 amide bonds. The highest BCUT2D eigenvalue weighted by Gasteiger charge is 2.14. The summed E-state index contributed by atoms with van der Waals surface area (Å²) in [6.45, 7) is 2.36. The van der Waals surface area contributed by atoms with E-state index in [-0.39, 0.29) is 0 Å². The highest BCUT2D eigenvalue weighted by atomic mass is 32.2. The topological polar surface area (TPSA) is 69.1 Å². The lowest BCUT2D eigenvalue weighted by Crippen LogP contribution is -2.00. The van der Waals surface area contributed by atoms with Crippen molar-refractivity contribution >= 4 is 39.6 Å². The Morgan fingerprint density at radius 1 is 1.47 bits per heavy atom. The highest BCUT2D eigenvalue weighted by molar-refractivity contribution is 8.00. The van der Waals surface area contributed by atoms with Gasteiger partial charge >= 0.3 is 0 Å². The first kappa shape index (κ1) is 11.1. The minimum atomic E-state index is 0.470. The standard InChI is InChI=1S/C9H9N5S3/c1-5-11-9(17-13-5)16-7-6(4-10)14-2-3-15-8(14)12-7/h2-3H,4,10H2,1H3. The fourth-order valence-corrected chi connectivity index (χ4v) is 3.97. The Hall–Kier alpha value is -0.960. The number of thiazole rings is 1. The maximum absolute atomic E-state index is 5.78. The van der Waals surface area contributed by atoms with Gasteiger partial charge in [-0.15, -0.1) is 11.3 Å².